The van der Waals surface area contributed by atoms with Gasteiger partial charge in [0.1, 0.15) is 0 Å². The van der Waals surface area contributed by atoms with E-state index in [1.807, 2.05) is 0 Å². The van der Waals surface area contributed by atoms with Gasteiger partial charge in [0.05, 0.1) is 13.2 Å². The quantitative estimate of drug-likeness (QED) is 0.865. The Bertz CT molecular complexity index is 367. The largest absolute Gasteiger partial charge is 0.379 e. The van der Waals surface area contributed by atoms with Gasteiger partial charge >= 0.3 is 0 Å². The van der Waals surface area contributed by atoms with E-state index >= 15 is 0 Å². The van der Waals surface area contributed by atoms with Crippen LogP contribution < -0.4 is 5.73 Å². The number of ether oxygens (including phenoxy) is 1. The van der Waals surface area contributed by atoms with Crippen LogP contribution in [0, 0.1) is 6.92 Å². The minimum absolute atomic E-state index is 0.0942. The fourth-order valence-electron chi connectivity index (χ4n) is 2.39. The van der Waals surface area contributed by atoms with E-state index in [1.54, 1.807) is 0 Å². The van der Waals surface area contributed by atoms with Crippen LogP contribution >= 0.6 is 0 Å². The van der Waals surface area contributed by atoms with Crippen LogP contribution in [0.3, 0.4) is 0 Å². The lowest BCUT2D eigenvalue weighted by molar-refractivity contribution is -0.00282. The van der Waals surface area contributed by atoms with E-state index in [1.165, 1.54) is 11.1 Å². The topological polar surface area (TPSA) is 38.5 Å². The second-order valence-corrected chi connectivity index (χ2v) is 4.88. The number of nitrogens with zero attached hydrogens (tertiary/aromatic N) is 1. The van der Waals surface area contributed by atoms with Crippen molar-refractivity contribution in [3.63, 3.8) is 0 Å². The SMILES string of the molecule is Cc1ccccc1C(N)CN1CCOCC1C. The summed E-state index contributed by atoms with van der Waals surface area (Å²) in [5.74, 6) is 0. The molecular formula is C14H22N2O. The first-order valence-electron chi connectivity index (χ1n) is 6.31. The normalized spacial score (nSPS) is 23.6. The minimum Gasteiger partial charge on any atom is -0.379 e. The maximum absolute atomic E-state index is 6.31. The Hall–Kier alpha value is -0.900. The van der Waals surface area contributed by atoms with Gasteiger partial charge in [-0.2, -0.15) is 0 Å². The van der Waals surface area contributed by atoms with E-state index in [0.29, 0.717) is 6.04 Å². The lowest BCUT2D eigenvalue weighted by Gasteiger charge is -2.35. The van der Waals surface area contributed by atoms with E-state index < -0.39 is 0 Å². The molecule has 2 N–H and O–H groups in total. The van der Waals surface area contributed by atoms with Crippen molar-refractivity contribution in [2.24, 2.45) is 5.73 Å². The highest BCUT2D eigenvalue weighted by Crippen LogP contribution is 2.18. The van der Waals surface area contributed by atoms with Crippen molar-refractivity contribution in [2.45, 2.75) is 25.9 Å². The molecular weight excluding hydrogens is 212 g/mol. The molecule has 17 heavy (non-hydrogen) atoms. The molecule has 1 aliphatic heterocycles. The predicted octanol–water partition coefficient (Wildman–Crippen LogP) is 1.72. The Morgan fingerprint density at radius 3 is 2.94 bits per heavy atom. The maximum Gasteiger partial charge on any atom is 0.0619 e. The van der Waals surface area contributed by atoms with Crippen LogP contribution in [0.4, 0.5) is 0 Å². The first-order chi connectivity index (χ1) is 8.18. The standard InChI is InChI=1S/C14H22N2O/c1-11-5-3-4-6-13(11)14(15)9-16-7-8-17-10-12(16)2/h3-6,12,14H,7-10,15H2,1-2H3. The Balaban J connectivity index is 2.01. The summed E-state index contributed by atoms with van der Waals surface area (Å²) in [6.07, 6.45) is 0. The third-order valence-electron chi connectivity index (χ3n) is 3.52. The van der Waals surface area contributed by atoms with E-state index in [4.69, 9.17) is 10.5 Å². The number of nitrogens with two attached hydrogens (primary N) is 1. The molecule has 3 heteroatoms. The monoisotopic (exact) mass is 234 g/mol. The van der Waals surface area contributed by atoms with Crippen molar-refractivity contribution in [1.82, 2.24) is 4.90 Å². The zero-order chi connectivity index (χ0) is 12.3. The number of rotatable bonds is 3. The smallest absolute Gasteiger partial charge is 0.0619 e. The fraction of sp³-hybridized carbons (Fsp3) is 0.571. The summed E-state index contributed by atoms with van der Waals surface area (Å²) in [7, 11) is 0. The number of aryl methyl sites for hydroxylation is 1. The molecule has 0 bridgehead atoms. The number of morpholine rings is 1. The Morgan fingerprint density at radius 1 is 1.47 bits per heavy atom. The van der Waals surface area contributed by atoms with Gasteiger partial charge in [0.2, 0.25) is 0 Å². The van der Waals surface area contributed by atoms with Crippen molar-refractivity contribution < 1.29 is 4.74 Å². The maximum atomic E-state index is 6.31. The molecule has 1 fully saturated rings. The Labute approximate surface area is 104 Å². The molecule has 1 aliphatic rings. The lowest BCUT2D eigenvalue weighted by atomic mass is 10.0. The Morgan fingerprint density at radius 2 is 2.24 bits per heavy atom. The molecule has 1 aromatic carbocycles. The van der Waals surface area contributed by atoms with Gasteiger partial charge in [-0.25, -0.2) is 0 Å². The molecule has 0 radical (unpaired) electrons. The van der Waals surface area contributed by atoms with E-state index in [9.17, 15) is 0 Å². The van der Waals surface area contributed by atoms with Crippen LogP contribution in [-0.2, 0) is 4.74 Å². The van der Waals surface area contributed by atoms with E-state index in [-0.39, 0.29) is 6.04 Å². The zero-order valence-electron chi connectivity index (χ0n) is 10.7. The molecule has 0 amide bonds. The van der Waals surface area contributed by atoms with Crippen molar-refractivity contribution in [3.05, 3.63) is 35.4 Å². The van der Waals surface area contributed by atoms with Gasteiger partial charge < -0.3 is 10.5 Å². The van der Waals surface area contributed by atoms with Crippen molar-refractivity contribution in [1.29, 1.82) is 0 Å². The highest BCUT2D eigenvalue weighted by molar-refractivity contribution is 5.28. The Kier molecular flexibility index (Phi) is 4.15. The molecule has 0 aliphatic carbocycles. The lowest BCUT2D eigenvalue weighted by Crippen LogP contribution is -2.46. The van der Waals surface area contributed by atoms with Crippen LogP contribution in [0.1, 0.15) is 24.1 Å². The fourth-order valence-corrected chi connectivity index (χ4v) is 2.39. The summed E-state index contributed by atoms with van der Waals surface area (Å²) in [6.45, 7) is 7.86. The average molecular weight is 234 g/mol. The third-order valence-corrected chi connectivity index (χ3v) is 3.52. The van der Waals surface area contributed by atoms with Gasteiger partial charge in [-0.05, 0) is 25.0 Å². The third kappa shape index (κ3) is 3.06. The molecule has 2 unspecified atom stereocenters. The second kappa shape index (κ2) is 5.63. The summed E-state index contributed by atoms with van der Waals surface area (Å²) >= 11 is 0. The van der Waals surface area contributed by atoms with Crippen LogP contribution in [0.15, 0.2) is 24.3 Å². The van der Waals surface area contributed by atoms with Gasteiger partial charge in [-0.1, -0.05) is 24.3 Å². The van der Waals surface area contributed by atoms with Crippen molar-refractivity contribution in [2.75, 3.05) is 26.3 Å². The summed E-state index contributed by atoms with van der Waals surface area (Å²) in [4.78, 5) is 2.42. The first-order valence-corrected chi connectivity index (χ1v) is 6.31. The first kappa shape index (κ1) is 12.6. The summed E-state index contributed by atoms with van der Waals surface area (Å²) in [5, 5.41) is 0. The molecule has 0 aromatic heterocycles. The summed E-state index contributed by atoms with van der Waals surface area (Å²) in [5.41, 5.74) is 8.84. The van der Waals surface area contributed by atoms with Crippen LogP contribution in [0.2, 0.25) is 0 Å². The van der Waals surface area contributed by atoms with Gasteiger partial charge in [0.25, 0.3) is 0 Å². The molecule has 2 atom stereocenters. The van der Waals surface area contributed by atoms with E-state index in [2.05, 4.69) is 43.0 Å². The van der Waals surface area contributed by atoms with Crippen LogP contribution in [-0.4, -0.2) is 37.2 Å². The predicted molar refractivity (Wildman–Crippen MR) is 70.0 cm³/mol. The van der Waals surface area contributed by atoms with Gasteiger partial charge in [0.15, 0.2) is 0 Å². The highest BCUT2D eigenvalue weighted by atomic mass is 16.5. The number of benzene rings is 1. The number of hydrogen-bond donors (Lipinski definition) is 1. The molecule has 1 aromatic rings. The van der Waals surface area contributed by atoms with Gasteiger partial charge in [-0.3, -0.25) is 4.90 Å². The molecule has 1 saturated heterocycles. The zero-order valence-corrected chi connectivity index (χ0v) is 10.7. The molecule has 2 rings (SSSR count). The van der Waals surface area contributed by atoms with Crippen LogP contribution in [0.5, 0.6) is 0 Å². The highest BCUT2D eigenvalue weighted by Gasteiger charge is 2.21. The summed E-state index contributed by atoms with van der Waals surface area (Å²) < 4.78 is 5.44. The average Bonchev–Trinajstić information content (AvgIpc) is 2.32. The molecule has 3 nitrogen and oxygen atoms in total. The molecule has 0 saturated carbocycles. The molecule has 0 spiro atoms. The molecule has 1 heterocycles. The van der Waals surface area contributed by atoms with Gasteiger partial charge in [-0.15, -0.1) is 0 Å². The second-order valence-electron chi connectivity index (χ2n) is 4.88. The summed E-state index contributed by atoms with van der Waals surface area (Å²) in [6, 6.07) is 8.94. The van der Waals surface area contributed by atoms with Gasteiger partial charge in [0, 0.05) is 25.2 Å². The van der Waals surface area contributed by atoms with Crippen molar-refractivity contribution >= 4 is 0 Å². The van der Waals surface area contributed by atoms with E-state index in [0.717, 1.165) is 26.3 Å². The number of hydrogen-bond acceptors (Lipinski definition) is 3. The van der Waals surface area contributed by atoms with Crippen LogP contribution in [0.25, 0.3) is 0 Å². The molecule has 94 valence electrons. The minimum atomic E-state index is 0.0942. The van der Waals surface area contributed by atoms with Crippen molar-refractivity contribution in [3.8, 4) is 0 Å².